The molecule has 1 aromatic heterocycles. The smallest absolute Gasteiger partial charge is 0.209 e. The van der Waals surface area contributed by atoms with Gasteiger partial charge in [-0.05, 0) is 41.0 Å². The Labute approximate surface area is 119 Å². The Morgan fingerprint density at radius 2 is 2.17 bits per heavy atom. The summed E-state index contributed by atoms with van der Waals surface area (Å²) in [7, 11) is 0. The maximum Gasteiger partial charge on any atom is 0.209 e. The molecule has 0 saturated heterocycles. The van der Waals surface area contributed by atoms with Crippen LogP contribution in [0.3, 0.4) is 0 Å². The van der Waals surface area contributed by atoms with Crippen LogP contribution in [0.25, 0.3) is 0 Å². The zero-order valence-corrected chi connectivity index (χ0v) is 11.7. The van der Waals surface area contributed by atoms with Crippen LogP contribution >= 0.6 is 35.0 Å². The van der Waals surface area contributed by atoms with Crippen molar-refractivity contribution in [2.45, 2.75) is 29.8 Å². The minimum absolute atomic E-state index is 0.489. The molecule has 1 fully saturated rings. The molecule has 3 rings (SSSR count). The first-order valence-corrected chi connectivity index (χ1v) is 7.33. The van der Waals surface area contributed by atoms with Crippen molar-refractivity contribution in [3.8, 4) is 0 Å². The Hall–Kier alpha value is -0.780. The van der Waals surface area contributed by atoms with Crippen molar-refractivity contribution in [1.82, 2.24) is 20.2 Å². The molecule has 1 saturated carbocycles. The summed E-state index contributed by atoms with van der Waals surface area (Å²) in [6.45, 7) is 0. The van der Waals surface area contributed by atoms with Gasteiger partial charge in [0.1, 0.15) is 0 Å². The van der Waals surface area contributed by atoms with Crippen molar-refractivity contribution in [3.63, 3.8) is 0 Å². The van der Waals surface area contributed by atoms with E-state index in [9.17, 15) is 0 Å². The third kappa shape index (κ3) is 2.63. The van der Waals surface area contributed by atoms with E-state index >= 15 is 0 Å². The van der Waals surface area contributed by atoms with Gasteiger partial charge in [0.15, 0.2) is 0 Å². The summed E-state index contributed by atoms with van der Waals surface area (Å²) in [5.41, 5.74) is 1.04. The van der Waals surface area contributed by atoms with Crippen molar-refractivity contribution in [2.24, 2.45) is 0 Å². The van der Waals surface area contributed by atoms with Crippen molar-refractivity contribution < 1.29 is 0 Å². The molecule has 1 heterocycles. The molecule has 0 aliphatic heterocycles. The fourth-order valence-electron chi connectivity index (χ4n) is 1.61. The van der Waals surface area contributed by atoms with Gasteiger partial charge in [-0.1, -0.05) is 41.0 Å². The summed E-state index contributed by atoms with van der Waals surface area (Å²) < 4.78 is 1.90. The van der Waals surface area contributed by atoms with Gasteiger partial charge < -0.3 is 0 Å². The van der Waals surface area contributed by atoms with E-state index in [4.69, 9.17) is 23.2 Å². The molecule has 0 bridgehead atoms. The predicted molar refractivity (Wildman–Crippen MR) is 72.1 cm³/mol. The monoisotopic (exact) mass is 300 g/mol. The van der Waals surface area contributed by atoms with Gasteiger partial charge in [-0.15, -0.1) is 5.10 Å². The fraction of sp³-hybridized carbons (Fsp3) is 0.364. The first-order chi connectivity index (χ1) is 8.74. The molecule has 0 amide bonds. The predicted octanol–water partition coefficient (Wildman–Crippen LogP) is 3.61. The summed E-state index contributed by atoms with van der Waals surface area (Å²) in [5, 5.41) is 13.9. The molecule has 2 aromatic rings. The second kappa shape index (κ2) is 5.07. The zero-order valence-electron chi connectivity index (χ0n) is 9.38. The first kappa shape index (κ1) is 12.3. The molecule has 1 aliphatic carbocycles. The Morgan fingerprint density at radius 1 is 1.33 bits per heavy atom. The highest BCUT2D eigenvalue weighted by Crippen LogP contribution is 2.37. The molecular formula is C11H10Cl2N4S. The summed E-state index contributed by atoms with van der Waals surface area (Å²) in [4.78, 5) is 0. The van der Waals surface area contributed by atoms with Crippen LogP contribution in [0.2, 0.25) is 10.0 Å². The van der Waals surface area contributed by atoms with Crippen molar-refractivity contribution in [1.29, 1.82) is 0 Å². The van der Waals surface area contributed by atoms with Crippen LogP contribution in [-0.4, -0.2) is 20.2 Å². The number of hydrogen-bond acceptors (Lipinski definition) is 4. The molecule has 18 heavy (non-hydrogen) atoms. The lowest BCUT2D eigenvalue weighted by atomic mass is 10.2. The number of thioether (sulfide) groups is 1. The second-order valence-corrected chi connectivity index (χ2v) is 5.95. The number of tetrazole rings is 1. The molecule has 1 aromatic carbocycles. The van der Waals surface area contributed by atoms with E-state index in [-0.39, 0.29) is 0 Å². The van der Waals surface area contributed by atoms with Crippen molar-refractivity contribution >= 4 is 35.0 Å². The van der Waals surface area contributed by atoms with Crippen LogP contribution in [0.5, 0.6) is 0 Å². The molecule has 0 N–H and O–H groups in total. The second-order valence-electron chi connectivity index (χ2n) is 4.16. The molecule has 94 valence electrons. The molecule has 1 aliphatic rings. The van der Waals surface area contributed by atoms with Gasteiger partial charge in [0.2, 0.25) is 5.16 Å². The Balaban J connectivity index is 1.71. The van der Waals surface area contributed by atoms with E-state index in [0.717, 1.165) is 16.5 Å². The standard InChI is InChI=1S/C11H10Cl2N4S/c12-8-2-1-7(10(13)5-8)6-18-11-14-15-16-17(11)9-3-4-9/h1-2,5,9H,3-4,6H2. The topological polar surface area (TPSA) is 43.6 Å². The van der Waals surface area contributed by atoms with Crippen LogP contribution in [0, 0.1) is 0 Å². The fourth-order valence-corrected chi connectivity index (χ4v) is 3.11. The van der Waals surface area contributed by atoms with Gasteiger partial charge >= 0.3 is 0 Å². The van der Waals surface area contributed by atoms with Crippen LogP contribution in [-0.2, 0) is 5.75 Å². The molecule has 0 unspecified atom stereocenters. The maximum absolute atomic E-state index is 6.13. The van der Waals surface area contributed by atoms with Gasteiger partial charge in [-0.3, -0.25) is 0 Å². The van der Waals surface area contributed by atoms with Crippen LogP contribution in [0.1, 0.15) is 24.4 Å². The number of halogens is 2. The third-order valence-electron chi connectivity index (χ3n) is 2.73. The van der Waals surface area contributed by atoms with Gasteiger partial charge in [0, 0.05) is 15.8 Å². The van der Waals surface area contributed by atoms with E-state index in [1.54, 1.807) is 17.8 Å². The van der Waals surface area contributed by atoms with Crippen LogP contribution in [0.15, 0.2) is 23.4 Å². The van der Waals surface area contributed by atoms with E-state index in [1.165, 1.54) is 12.8 Å². The first-order valence-electron chi connectivity index (χ1n) is 5.58. The van der Waals surface area contributed by atoms with Gasteiger partial charge in [-0.2, -0.15) is 0 Å². The van der Waals surface area contributed by atoms with E-state index in [0.29, 0.717) is 16.1 Å². The third-order valence-corrected chi connectivity index (χ3v) is 4.30. The average molecular weight is 301 g/mol. The number of rotatable bonds is 4. The van der Waals surface area contributed by atoms with Gasteiger partial charge in [0.25, 0.3) is 0 Å². The SMILES string of the molecule is Clc1ccc(CSc2nnnn2C2CC2)c(Cl)c1. The molecule has 0 atom stereocenters. The highest BCUT2D eigenvalue weighted by molar-refractivity contribution is 7.98. The van der Waals surface area contributed by atoms with E-state index < -0.39 is 0 Å². The number of hydrogen-bond donors (Lipinski definition) is 0. The zero-order chi connectivity index (χ0) is 12.5. The number of benzene rings is 1. The lowest BCUT2D eigenvalue weighted by Gasteiger charge is -2.04. The average Bonchev–Trinajstić information content (AvgIpc) is 3.08. The van der Waals surface area contributed by atoms with Crippen molar-refractivity contribution in [3.05, 3.63) is 33.8 Å². The molecular weight excluding hydrogens is 291 g/mol. The normalized spacial score (nSPS) is 15.0. The molecule has 0 spiro atoms. The maximum atomic E-state index is 6.13. The molecule has 0 radical (unpaired) electrons. The van der Waals surface area contributed by atoms with Crippen molar-refractivity contribution in [2.75, 3.05) is 0 Å². The lowest BCUT2D eigenvalue weighted by molar-refractivity contribution is 0.565. The Morgan fingerprint density at radius 3 is 2.89 bits per heavy atom. The van der Waals surface area contributed by atoms with Gasteiger partial charge in [0.05, 0.1) is 6.04 Å². The highest BCUT2D eigenvalue weighted by atomic mass is 35.5. The summed E-state index contributed by atoms with van der Waals surface area (Å²) in [5.74, 6) is 0.739. The summed E-state index contributed by atoms with van der Waals surface area (Å²) >= 11 is 13.6. The Kier molecular flexibility index (Phi) is 3.46. The quantitative estimate of drug-likeness (QED) is 0.809. The van der Waals surface area contributed by atoms with Crippen LogP contribution in [0.4, 0.5) is 0 Å². The Bertz CT molecular complexity index is 568. The molecule has 7 heteroatoms. The van der Waals surface area contributed by atoms with Gasteiger partial charge in [-0.25, -0.2) is 4.68 Å². The minimum atomic E-state index is 0.489. The van der Waals surface area contributed by atoms with Crippen LogP contribution < -0.4 is 0 Å². The number of nitrogens with zero attached hydrogens (tertiary/aromatic N) is 4. The minimum Gasteiger partial charge on any atom is -0.217 e. The highest BCUT2D eigenvalue weighted by Gasteiger charge is 2.27. The largest absolute Gasteiger partial charge is 0.217 e. The number of aromatic nitrogens is 4. The summed E-state index contributed by atoms with van der Waals surface area (Å²) in [6, 6.07) is 6.02. The lowest BCUT2D eigenvalue weighted by Crippen LogP contribution is -1.98. The summed E-state index contributed by atoms with van der Waals surface area (Å²) in [6.07, 6.45) is 2.33. The molecule has 4 nitrogen and oxygen atoms in total. The van der Waals surface area contributed by atoms with E-state index in [1.807, 2.05) is 16.8 Å². The van der Waals surface area contributed by atoms with E-state index in [2.05, 4.69) is 15.5 Å².